The van der Waals surface area contributed by atoms with Gasteiger partial charge in [-0.05, 0) is 60.9 Å². The van der Waals surface area contributed by atoms with Crippen molar-refractivity contribution in [3.05, 3.63) is 76.5 Å². The molecule has 2 heterocycles. The third-order valence-electron chi connectivity index (χ3n) is 7.88. The minimum absolute atomic E-state index is 0.178. The Morgan fingerprint density at radius 3 is 2.44 bits per heavy atom. The highest BCUT2D eigenvalue weighted by Crippen LogP contribution is 2.47. The summed E-state index contributed by atoms with van der Waals surface area (Å²) in [4.78, 5) is 18.1. The molecule has 2 aromatic heterocycles. The first-order chi connectivity index (χ1) is 21.3. The van der Waals surface area contributed by atoms with E-state index in [4.69, 9.17) is 9.15 Å². The zero-order chi connectivity index (χ0) is 32.3. The molecule has 0 saturated carbocycles. The number of anilines is 1. The molecule has 3 aromatic carbocycles. The fourth-order valence-electron chi connectivity index (χ4n) is 5.51. The van der Waals surface area contributed by atoms with Gasteiger partial charge in [0.1, 0.15) is 33.6 Å². The fourth-order valence-corrected chi connectivity index (χ4v) is 7.20. The standard InChI is InChI=1S/C32H28F3N3O5S2/c1-36-30(39)27-21-15-20(23(38(2)45(4,40)41)16-25(21)43-28(27)17-7-10-19(33)11-8-17)18-9-12-24(42-3)22(14-18)31-37-29-26(44-31)6-5-13-32(29,34)35/h7-12,14-16H,5-6,13H2,1-4H3,(H,36,39). The van der Waals surface area contributed by atoms with Crippen molar-refractivity contribution >= 4 is 43.9 Å². The van der Waals surface area contributed by atoms with Crippen LogP contribution in [0.15, 0.2) is 59.0 Å². The molecule has 0 saturated heterocycles. The van der Waals surface area contributed by atoms with Gasteiger partial charge in [-0.1, -0.05) is 6.07 Å². The molecular weight excluding hydrogens is 627 g/mol. The number of fused-ring (bicyclic) bond motifs is 2. The Morgan fingerprint density at radius 2 is 1.80 bits per heavy atom. The molecule has 6 rings (SSSR count). The topological polar surface area (TPSA) is 102 Å². The molecule has 45 heavy (non-hydrogen) atoms. The number of thiazole rings is 1. The number of rotatable bonds is 7. The molecule has 0 aliphatic heterocycles. The van der Waals surface area contributed by atoms with E-state index in [1.165, 1.54) is 62.9 Å². The molecule has 13 heteroatoms. The summed E-state index contributed by atoms with van der Waals surface area (Å²) < 4.78 is 81.5. The van der Waals surface area contributed by atoms with Crippen LogP contribution in [0.3, 0.4) is 0 Å². The smallest absolute Gasteiger partial charge is 0.290 e. The molecule has 8 nitrogen and oxygen atoms in total. The predicted octanol–water partition coefficient (Wildman–Crippen LogP) is 7.22. The normalized spacial score (nSPS) is 14.3. The molecule has 0 unspecified atom stereocenters. The van der Waals surface area contributed by atoms with Crippen molar-refractivity contribution in [3.8, 4) is 38.8 Å². The number of carbonyl (C=O) groups excluding carboxylic acids is 1. The number of ether oxygens (including phenoxy) is 1. The highest BCUT2D eigenvalue weighted by atomic mass is 32.2. The number of halogens is 3. The number of nitrogens with one attached hydrogen (secondary N) is 1. The monoisotopic (exact) mass is 655 g/mol. The Balaban J connectivity index is 1.61. The van der Waals surface area contributed by atoms with Crippen molar-refractivity contribution in [2.45, 2.75) is 25.2 Å². The molecule has 5 aromatic rings. The molecule has 1 aliphatic carbocycles. The Hall–Kier alpha value is -4.36. The summed E-state index contributed by atoms with van der Waals surface area (Å²) in [5, 5.41) is 3.35. The molecule has 0 bridgehead atoms. The van der Waals surface area contributed by atoms with Gasteiger partial charge in [0.25, 0.3) is 11.8 Å². The first-order valence-corrected chi connectivity index (χ1v) is 16.6. The number of hydrogen-bond acceptors (Lipinski definition) is 7. The van der Waals surface area contributed by atoms with Crippen molar-refractivity contribution < 1.29 is 35.5 Å². The summed E-state index contributed by atoms with van der Waals surface area (Å²) in [6, 6.07) is 13.7. The first-order valence-electron chi connectivity index (χ1n) is 13.9. The molecule has 0 atom stereocenters. The van der Waals surface area contributed by atoms with E-state index in [-0.39, 0.29) is 34.7 Å². The molecule has 1 N–H and O–H groups in total. The zero-order valence-corrected chi connectivity index (χ0v) is 26.3. The van der Waals surface area contributed by atoms with Crippen LogP contribution in [0.25, 0.3) is 44.0 Å². The number of aromatic nitrogens is 1. The van der Waals surface area contributed by atoms with E-state index in [1.807, 2.05) is 0 Å². The van der Waals surface area contributed by atoms with Gasteiger partial charge >= 0.3 is 0 Å². The number of carbonyl (C=O) groups is 1. The predicted molar refractivity (Wildman–Crippen MR) is 168 cm³/mol. The van der Waals surface area contributed by atoms with Gasteiger partial charge in [0.05, 0.1) is 30.2 Å². The molecular formula is C32H28F3N3O5S2. The SMILES string of the molecule is CNC(=O)c1c(-c2ccc(F)cc2)oc2cc(N(C)S(C)(=O)=O)c(-c3ccc(OC)c(-c4nc5c(s4)CCCC5(F)F)c3)cc12. The first kappa shape index (κ1) is 30.7. The molecule has 0 radical (unpaired) electrons. The Bertz CT molecular complexity index is 2070. The number of nitrogens with zero attached hydrogens (tertiary/aromatic N) is 2. The number of aryl methyl sites for hydroxylation is 1. The third-order valence-corrected chi connectivity index (χ3v) is 10.2. The van der Waals surface area contributed by atoms with Gasteiger partial charge in [-0.3, -0.25) is 9.10 Å². The van der Waals surface area contributed by atoms with Crippen LogP contribution in [0.2, 0.25) is 0 Å². The van der Waals surface area contributed by atoms with Gasteiger partial charge in [-0.15, -0.1) is 11.3 Å². The van der Waals surface area contributed by atoms with E-state index in [0.29, 0.717) is 56.1 Å². The average molecular weight is 656 g/mol. The van der Waals surface area contributed by atoms with Gasteiger partial charge in [0, 0.05) is 48.0 Å². The summed E-state index contributed by atoms with van der Waals surface area (Å²) >= 11 is 1.18. The van der Waals surface area contributed by atoms with Crippen molar-refractivity contribution in [2.24, 2.45) is 0 Å². The summed E-state index contributed by atoms with van der Waals surface area (Å²) in [5.41, 5.74) is 2.28. The Labute approximate surface area is 261 Å². The van der Waals surface area contributed by atoms with E-state index in [9.17, 15) is 26.4 Å². The van der Waals surface area contributed by atoms with Crippen LogP contribution in [-0.4, -0.2) is 46.8 Å². The molecule has 1 amide bonds. The quantitative estimate of drug-likeness (QED) is 0.199. The summed E-state index contributed by atoms with van der Waals surface area (Å²) in [6.45, 7) is 0. The van der Waals surface area contributed by atoms with Gasteiger partial charge in [-0.25, -0.2) is 17.8 Å². The lowest BCUT2D eigenvalue weighted by molar-refractivity contribution is -0.0251. The van der Waals surface area contributed by atoms with E-state index >= 15 is 0 Å². The lowest BCUT2D eigenvalue weighted by Gasteiger charge is -2.21. The second-order valence-electron chi connectivity index (χ2n) is 10.8. The molecule has 234 valence electrons. The Morgan fingerprint density at radius 1 is 1.09 bits per heavy atom. The summed E-state index contributed by atoms with van der Waals surface area (Å²) in [6.07, 6.45) is 1.66. The summed E-state index contributed by atoms with van der Waals surface area (Å²) in [7, 11) is 0.553. The number of methoxy groups -OCH3 is 1. The van der Waals surface area contributed by atoms with Crippen molar-refractivity contribution in [3.63, 3.8) is 0 Å². The Kier molecular flexibility index (Phi) is 7.64. The van der Waals surface area contributed by atoms with E-state index in [1.54, 1.807) is 24.3 Å². The maximum Gasteiger partial charge on any atom is 0.290 e. The zero-order valence-electron chi connectivity index (χ0n) is 24.7. The van der Waals surface area contributed by atoms with E-state index in [0.717, 1.165) is 10.6 Å². The van der Waals surface area contributed by atoms with E-state index < -0.39 is 27.7 Å². The van der Waals surface area contributed by atoms with Crippen LogP contribution in [0.1, 0.15) is 33.8 Å². The highest BCUT2D eigenvalue weighted by Gasteiger charge is 2.40. The highest BCUT2D eigenvalue weighted by molar-refractivity contribution is 7.92. The lowest BCUT2D eigenvalue weighted by atomic mass is 9.97. The summed E-state index contributed by atoms with van der Waals surface area (Å²) in [5.74, 6) is -3.37. The van der Waals surface area contributed by atoms with Crippen LogP contribution in [0.5, 0.6) is 5.75 Å². The van der Waals surface area contributed by atoms with Gasteiger partial charge < -0.3 is 14.5 Å². The maximum absolute atomic E-state index is 14.7. The second-order valence-corrected chi connectivity index (χ2v) is 13.8. The fraction of sp³-hybridized carbons (Fsp3) is 0.250. The van der Waals surface area contributed by atoms with Crippen molar-refractivity contribution in [2.75, 3.05) is 31.8 Å². The third kappa shape index (κ3) is 5.44. The number of hydrogen-bond donors (Lipinski definition) is 1. The number of furan rings is 1. The van der Waals surface area contributed by atoms with E-state index in [2.05, 4.69) is 10.3 Å². The maximum atomic E-state index is 14.7. The van der Waals surface area contributed by atoms with Crippen LogP contribution < -0.4 is 14.4 Å². The van der Waals surface area contributed by atoms with Crippen molar-refractivity contribution in [1.29, 1.82) is 0 Å². The number of alkyl halides is 2. The van der Waals surface area contributed by atoms with Crippen molar-refractivity contribution in [1.82, 2.24) is 10.3 Å². The van der Waals surface area contributed by atoms with Crippen LogP contribution >= 0.6 is 11.3 Å². The number of sulfonamides is 1. The minimum atomic E-state index is -3.77. The van der Waals surface area contributed by atoms with Gasteiger partial charge in [0.15, 0.2) is 0 Å². The van der Waals surface area contributed by atoms with Crippen LogP contribution in [-0.2, 0) is 22.4 Å². The average Bonchev–Trinajstić information content (AvgIpc) is 3.62. The largest absolute Gasteiger partial charge is 0.496 e. The molecule has 0 spiro atoms. The van der Waals surface area contributed by atoms with Gasteiger partial charge in [0.2, 0.25) is 10.0 Å². The van der Waals surface area contributed by atoms with Gasteiger partial charge in [-0.2, -0.15) is 8.78 Å². The minimum Gasteiger partial charge on any atom is -0.496 e. The number of benzene rings is 3. The molecule has 1 aliphatic rings. The lowest BCUT2D eigenvalue weighted by Crippen LogP contribution is -2.25. The molecule has 0 fully saturated rings. The van der Waals surface area contributed by atoms with Crippen LogP contribution in [0.4, 0.5) is 18.9 Å². The van der Waals surface area contributed by atoms with Crippen LogP contribution in [0, 0.1) is 5.82 Å². The number of amides is 1. The second kappa shape index (κ2) is 11.2.